The van der Waals surface area contributed by atoms with Gasteiger partial charge in [-0.05, 0) is 131 Å². The highest BCUT2D eigenvalue weighted by Crippen LogP contribution is 2.56. The van der Waals surface area contributed by atoms with Crippen LogP contribution in [-0.2, 0) is 0 Å². The van der Waals surface area contributed by atoms with Gasteiger partial charge < -0.3 is 18.6 Å². The normalized spacial score (nSPS) is 13.8. The van der Waals surface area contributed by atoms with Crippen LogP contribution in [0.4, 0.5) is 34.1 Å². The predicted molar refractivity (Wildman–Crippen MR) is 339 cm³/mol. The Kier molecular flexibility index (Phi) is 8.13. The molecule has 378 valence electrons. The Morgan fingerprint density at radius 1 is 0.325 bits per heavy atom. The molecule has 0 saturated heterocycles. The van der Waals surface area contributed by atoms with Crippen LogP contribution in [0.3, 0.4) is 0 Å². The van der Waals surface area contributed by atoms with Crippen molar-refractivity contribution in [3.63, 3.8) is 0 Å². The molecule has 0 unspecified atom stereocenters. The van der Waals surface area contributed by atoms with Gasteiger partial charge >= 0.3 is 0 Å². The van der Waals surface area contributed by atoms with E-state index in [2.05, 4.69) is 98.2 Å². The number of hydrogen-bond acceptors (Lipinski definition) is 4. The van der Waals surface area contributed by atoms with Crippen LogP contribution in [0.1, 0.15) is 36.0 Å². The SMILES string of the molecule is [2H]c1c([2H])c([2H])c(-c2cc(N(c3c(C)ccc4ccc(C)cc34)c3cccc4c3oc3ccccc34)c3ccc4c(-c5c([2H])c([2H])c([2H])c([2H])c5[2H])cc(N(c5c(C)ccc6ccc(C)cc56)c5cccc6c5oc5ccccc56)c5ccc2c3c45)c([2H])c1[2H]. The van der Waals surface area contributed by atoms with Gasteiger partial charge in [0.2, 0.25) is 0 Å². The van der Waals surface area contributed by atoms with E-state index < -0.39 is 60.4 Å². The first-order valence-corrected chi connectivity index (χ1v) is 26.8. The summed E-state index contributed by atoms with van der Waals surface area (Å²) >= 11 is 0. The highest BCUT2D eigenvalue weighted by Gasteiger charge is 2.30. The topological polar surface area (TPSA) is 32.8 Å². The van der Waals surface area contributed by atoms with Crippen molar-refractivity contribution in [2.75, 3.05) is 9.80 Å². The maximum atomic E-state index is 9.78. The Bertz CT molecular complexity index is 5410. The average molecular weight is 1040 g/mol. The molecule has 80 heavy (non-hydrogen) atoms. The van der Waals surface area contributed by atoms with Crippen LogP contribution in [0.15, 0.2) is 251 Å². The van der Waals surface area contributed by atoms with Crippen molar-refractivity contribution in [2.45, 2.75) is 27.7 Å². The van der Waals surface area contributed by atoms with Gasteiger partial charge in [0.15, 0.2) is 11.2 Å². The molecule has 0 saturated carbocycles. The van der Waals surface area contributed by atoms with Gasteiger partial charge in [0.1, 0.15) is 11.2 Å². The fraction of sp³-hybridized carbons (Fsp3) is 0.0526. The molecule has 0 radical (unpaired) electrons. The lowest BCUT2D eigenvalue weighted by atomic mass is 9.85. The van der Waals surface area contributed by atoms with Crippen molar-refractivity contribution < 1.29 is 22.5 Å². The third kappa shape index (κ3) is 6.88. The zero-order valence-corrected chi connectivity index (χ0v) is 44.0. The van der Waals surface area contributed by atoms with Crippen LogP contribution in [0.2, 0.25) is 0 Å². The molecule has 14 aromatic carbocycles. The first-order chi connectivity index (χ1) is 43.5. The zero-order chi connectivity index (χ0) is 62.0. The van der Waals surface area contributed by atoms with Gasteiger partial charge in [0.25, 0.3) is 0 Å². The quantitative estimate of drug-likeness (QED) is 0.142. The highest BCUT2D eigenvalue weighted by molar-refractivity contribution is 6.33. The van der Waals surface area contributed by atoms with Crippen molar-refractivity contribution in [2.24, 2.45) is 0 Å². The monoisotopic (exact) mass is 1030 g/mol. The number of aryl methyl sites for hydroxylation is 4. The summed E-state index contributed by atoms with van der Waals surface area (Å²) < 4.78 is 108. The van der Waals surface area contributed by atoms with Crippen LogP contribution in [-0.4, -0.2) is 0 Å². The van der Waals surface area contributed by atoms with Gasteiger partial charge in [-0.2, -0.15) is 0 Å². The first-order valence-electron chi connectivity index (χ1n) is 31.8. The summed E-state index contributed by atoms with van der Waals surface area (Å²) in [7, 11) is 0. The number of para-hydroxylation sites is 4. The third-order valence-electron chi connectivity index (χ3n) is 16.3. The lowest BCUT2D eigenvalue weighted by Gasteiger charge is -2.33. The first kappa shape index (κ1) is 36.8. The van der Waals surface area contributed by atoms with Crippen LogP contribution in [0, 0.1) is 27.7 Å². The molecule has 0 aliphatic rings. The van der Waals surface area contributed by atoms with E-state index in [-0.39, 0.29) is 11.1 Å². The Hall–Kier alpha value is -10.2. The van der Waals surface area contributed by atoms with E-state index in [4.69, 9.17) is 11.6 Å². The fourth-order valence-corrected chi connectivity index (χ4v) is 12.7. The molecule has 0 fully saturated rings. The summed E-state index contributed by atoms with van der Waals surface area (Å²) in [4.78, 5) is 4.39. The summed E-state index contributed by atoms with van der Waals surface area (Å²) in [5.41, 5.74) is 11.3. The van der Waals surface area contributed by atoms with Gasteiger partial charge in [-0.1, -0.05) is 205 Å². The minimum atomic E-state index is -0.530. The Balaban J connectivity index is 1.16. The molecule has 2 aromatic heterocycles. The molecule has 2 heterocycles. The highest BCUT2D eigenvalue weighted by atomic mass is 16.3. The maximum Gasteiger partial charge on any atom is 0.159 e. The summed E-state index contributed by atoms with van der Waals surface area (Å²) in [6.07, 6.45) is 0. The van der Waals surface area contributed by atoms with Gasteiger partial charge in [-0.15, -0.1) is 0 Å². The molecule has 16 aromatic rings. The molecule has 4 nitrogen and oxygen atoms in total. The largest absolute Gasteiger partial charge is 0.454 e. The summed E-state index contributed by atoms with van der Waals surface area (Å²) in [6, 6.07) is 56.4. The molecule has 0 spiro atoms. The van der Waals surface area contributed by atoms with Crippen molar-refractivity contribution in [1.82, 2.24) is 0 Å². The molecule has 0 aliphatic carbocycles. The van der Waals surface area contributed by atoms with E-state index in [1.807, 2.05) is 121 Å². The lowest BCUT2D eigenvalue weighted by Crippen LogP contribution is -2.14. The number of benzene rings is 14. The van der Waals surface area contributed by atoms with E-state index in [1.165, 1.54) is 0 Å². The molecule has 16 rings (SSSR count). The Morgan fingerprint density at radius 2 is 0.725 bits per heavy atom. The number of fused-ring (bicyclic) bond motifs is 8. The number of hydrogen-bond donors (Lipinski definition) is 0. The van der Waals surface area contributed by atoms with Crippen molar-refractivity contribution >= 4 is 132 Å². The molecule has 0 atom stereocenters. The number of nitrogens with zero attached hydrogens (tertiary/aromatic N) is 2. The van der Waals surface area contributed by atoms with Crippen LogP contribution in [0.25, 0.3) is 120 Å². The number of anilines is 6. The van der Waals surface area contributed by atoms with Gasteiger partial charge in [0, 0.05) is 53.9 Å². The van der Waals surface area contributed by atoms with Gasteiger partial charge in [0.05, 0.1) is 47.8 Å². The summed E-state index contributed by atoms with van der Waals surface area (Å²) in [6.45, 7) is 8.27. The van der Waals surface area contributed by atoms with Crippen LogP contribution < -0.4 is 9.80 Å². The molecule has 0 bridgehead atoms. The summed E-state index contributed by atoms with van der Waals surface area (Å²) in [5.74, 6) is 0. The maximum absolute atomic E-state index is 9.78. The van der Waals surface area contributed by atoms with E-state index in [1.54, 1.807) is 0 Å². The third-order valence-corrected chi connectivity index (χ3v) is 16.3. The summed E-state index contributed by atoms with van der Waals surface area (Å²) in [5, 5.41) is 11.1. The molecular weight excluding hydrogens is 973 g/mol. The van der Waals surface area contributed by atoms with Crippen molar-refractivity contribution in [3.05, 3.63) is 265 Å². The second-order valence-electron chi connectivity index (χ2n) is 21.0. The number of furan rings is 2. The second-order valence-corrected chi connectivity index (χ2v) is 21.0. The van der Waals surface area contributed by atoms with Crippen LogP contribution >= 0.6 is 0 Å². The predicted octanol–water partition coefficient (Wildman–Crippen LogP) is 22.2. The van der Waals surface area contributed by atoms with Crippen LogP contribution in [0.5, 0.6) is 0 Å². The molecule has 4 heteroatoms. The Morgan fingerprint density at radius 3 is 1.18 bits per heavy atom. The minimum Gasteiger partial charge on any atom is -0.454 e. The van der Waals surface area contributed by atoms with E-state index in [0.29, 0.717) is 88.5 Å². The second kappa shape index (κ2) is 17.7. The number of rotatable bonds is 8. The fourth-order valence-electron chi connectivity index (χ4n) is 12.7. The standard InChI is InChI=1S/C76H52N2O2/c1-45-29-33-51-35-31-47(3)73(63(51)41-45)77(65-25-15-23-57-53-21-11-13-27-69(53)79-75(57)65)67-43-61(49-17-7-5-8-18-49)55-38-40-60-68(44-62(50-19-9-6-10-20-50)56-37-39-59(67)71(55)72(56)60)78(74-48(4)32-36-52-34-30-46(2)42-64(52)74)66-26-16-24-58-54-22-12-14-28-70(54)80-76(58)66/h5-44H,1-4H3/i5D,6D,7D,8D,9D,10D,17D,18D,19D,20D. The van der Waals surface area contributed by atoms with Crippen molar-refractivity contribution in [3.8, 4) is 22.3 Å². The Labute approximate surface area is 477 Å². The molecular formula is C76H52N2O2. The van der Waals surface area contributed by atoms with E-state index >= 15 is 0 Å². The molecule has 0 N–H and O–H groups in total. The van der Waals surface area contributed by atoms with E-state index in [0.717, 1.165) is 76.7 Å². The zero-order valence-electron chi connectivity index (χ0n) is 54.0. The van der Waals surface area contributed by atoms with Crippen molar-refractivity contribution in [1.29, 1.82) is 0 Å². The average Bonchev–Trinajstić information content (AvgIpc) is 0.744. The van der Waals surface area contributed by atoms with Gasteiger partial charge in [-0.25, -0.2) is 0 Å². The van der Waals surface area contributed by atoms with E-state index in [9.17, 15) is 11.0 Å². The minimum absolute atomic E-state index is 0.0152. The smallest absolute Gasteiger partial charge is 0.159 e. The molecule has 0 amide bonds. The lowest BCUT2D eigenvalue weighted by molar-refractivity contribution is 0.669. The van der Waals surface area contributed by atoms with Gasteiger partial charge in [-0.3, -0.25) is 0 Å². The molecule has 0 aliphatic heterocycles.